The van der Waals surface area contributed by atoms with Crippen molar-refractivity contribution in [3.8, 4) is 113 Å². The molecule has 524 valence electrons. The Morgan fingerprint density at radius 2 is 0.411 bits per heavy atom. The second-order valence-electron chi connectivity index (χ2n) is 28.5. The summed E-state index contributed by atoms with van der Waals surface area (Å²) in [6, 6.07) is 147. The van der Waals surface area contributed by atoms with Crippen LogP contribution in [0.15, 0.2) is 413 Å². The molecule has 0 bridgehead atoms. The number of fused-ring (bicyclic) bond motifs is 12. The predicted molar refractivity (Wildman–Crippen MR) is 465 cm³/mol. The van der Waals surface area contributed by atoms with E-state index < -0.39 is 0 Å². The summed E-state index contributed by atoms with van der Waals surface area (Å²) in [5.41, 5.74) is 27.7. The van der Waals surface area contributed by atoms with Crippen molar-refractivity contribution in [3.05, 3.63) is 413 Å². The number of benzene rings is 16. The van der Waals surface area contributed by atoms with E-state index >= 15 is 0 Å². The van der Waals surface area contributed by atoms with Gasteiger partial charge in [-0.2, -0.15) is 0 Å². The number of nitrogens with zero attached hydrogens (tertiary/aromatic N) is 8. The Morgan fingerprint density at radius 3 is 0.777 bits per heavy atom. The first-order valence-electron chi connectivity index (χ1n) is 38.0. The first-order chi connectivity index (χ1) is 55.5. The van der Waals surface area contributed by atoms with Gasteiger partial charge in [-0.1, -0.05) is 303 Å². The molecule has 0 unspecified atom stereocenters. The van der Waals surface area contributed by atoms with Gasteiger partial charge in [-0.25, -0.2) is 19.9 Å². The zero-order chi connectivity index (χ0) is 74.0. The summed E-state index contributed by atoms with van der Waals surface area (Å²) in [4.78, 5) is 20.7. The minimum absolute atomic E-state index is 0.648. The van der Waals surface area contributed by atoms with Crippen molar-refractivity contribution in [1.29, 1.82) is 0 Å². The highest BCUT2D eigenvalue weighted by Gasteiger charge is 2.23. The van der Waals surface area contributed by atoms with Crippen LogP contribution >= 0.6 is 0 Å². The Kier molecular flexibility index (Phi) is 16.1. The molecule has 0 aliphatic heterocycles. The van der Waals surface area contributed by atoms with Gasteiger partial charge in [0.25, 0.3) is 0 Å². The molecular formula is C104H68N8. The molecule has 6 heterocycles. The van der Waals surface area contributed by atoms with Crippen molar-refractivity contribution in [1.82, 2.24) is 38.2 Å². The fourth-order valence-electron chi connectivity index (χ4n) is 16.6. The van der Waals surface area contributed by atoms with E-state index in [1.165, 1.54) is 93.3 Å². The monoisotopic (exact) mass is 1430 g/mol. The van der Waals surface area contributed by atoms with E-state index in [1.807, 2.05) is 36.4 Å². The average Bonchev–Trinajstić information content (AvgIpc) is 1.59. The molecule has 0 saturated heterocycles. The third kappa shape index (κ3) is 11.6. The SMILES string of the molecule is c1ccc(-c2ccc(-n3c4ccccc4c4cc(-c5ccc6c(c5)c5ccccc5n6-c5cc(-c6ccccc6)nc(-c6ccccc6)n5)ccc43)cc2)cc1.c1ccc(-c2ccc(-n3c4ccccc4c4cc(-c5ccc6c(c5)c5ccccc5n6-c5nc(-c6ccccc6)cc(-c6ccccc6)n5)ccc43)cc2)cc1. The Labute approximate surface area is 646 Å². The Bertz CT molecular complexity index is 6760. The number of hydrogen-bond donors (Lipinski definition) is 0. The summed E-state index contributed by atoms with van der Waals surface area (Å²) in [5.74, 6) is 2.18. The lowest BCUT2D eigenvalue weighted by molar-refractivity contribution is 0.995. The van der Waals surface area contributed by atoms with Crippen molar-refractivity contribution in [2.45, 2.75) is 0 Å². The lowest BCUT2D eigenvalue weighted by atomic mass is 10.0. The molecule has 22 aromatic rings. The van der Waals surface area contributed by atoms with E-state index in [-0.39, 0.29) is 0 Å². The largest absolute Gasteiger partial charge is 0.309 e. The fraction of sp³-hybridized carbons (Fsp3) is 0. The molecule has 0 aliphatic carbocycles. The maximum absolute atomic E-state index is 5.21. The molecule has 112 heavy (non-hydrogen) atoms. The number of aromatic nitrogens is 8. The minimum atomic E-state index is 0.648. The van der Waals surface area contributed by atoms with E-state index in [1.54, 1.807) is 0 Å². The third-order valence-corrected chi connectivity index (χ3v) is 21.9. The summed E-state index contributed by atoms with van der Waals surface area (Å²) >= 11 is 0. The fourth-order valence-corrected chi connectivity index (χ4v) is 16.6. The van der Waals surface area contributed by atoms with Crippen LogP contribution in [0.5, 0.6) is 0 Å². The van der Waals surface area contributed by atoms with Gasteiger partial charge in [0, 0.05) is 82.8 Å². The summed E-state index contributed by atoms with van der Waals surface area (Å²) in [6.45, 7) is 0. The predicted octanol–water partition coefficient (Wildman–Crippen LogP) is 26.7. The van der Waals surface area contributed by atoms with Gasteiger partial charge in [-0.3, -0.25) is 9.13 Å². The van der Waals surface area contributed by atoms with Crippen LogP contribution in [0, 0.1) is 0 Å². The first-order valence-corrected chi connectivity index (χ1v) is 38.0. The summed E-state index contributed by atoms with van der Waals surface area (Å²) < 4.78 is 9.27. The molecule has 8 nitrogen and oxygen atoms in total. The highest BCUT2D eigenvalue weighted by molar-refractivity contribution is 6.15. The summed E-state index contributed by atoms with van der Waals surface area (Å²) in [5, 5.41) is 9.62. The Morgan fingerprint density at radius 1 is 0.152 bits per heavy atom. The molecule has 0 fully saturated rings. The standard InChI is InChI=1S/2C52H34N4/c1-4-14-35(15-5-1)36-24-28-41(29-25-36)55-48-22-12-10-20-42(48)44-32-39(26-30-50(44)55)40-27-31-51-45(33-40)43-21-11-13-23-49(43)56(51)52-53-46(37-16-6-2-7-17-37)34-47(54-52)38-18-8-3-9-19-38;1-4-14-35(15-5-1)36-24-28-41(29-25-36)55-47-22-12-10-20-42(47)44-32-39(26-30-49(44)55)40-27-31-50-45(33-40)43-21-11-13-23-48(43)56(50)51-34-46(37-16-6-2-7-17-37)53-52(54-51)38-18-8-3-9-19-38/h2*1-34H. The van der Waals surface area contributed by atoms with Crippen molar-refractivity contribution in [2.24, 2.45) is 0 Å². The van der Waals surface area contributed by atoms with E-state index in [4.69, 9.17) is 19.9 Å². The smallest absolute Gasteiger partial charge is 0.235 e. The maximum Gasteiger partial charge on any atom is 0.235 e. The van der Waals surface area contributed by atoms with E-state index in [0.717, 1.165) is 94.9 Å². The maximum atomic E-state index is 5.21. The van der Waals surface area contributed by atoms with Gasteiger partial charge < -0.3 is 9.13 Å². The Hall–Kier alpha value is -15.1. The zero-order valence-electron chi connectivity index (χ0n) is 60.8. The van der Waals surface area contributed by atoms with Crippen molar-refractivity contribution >= 4 is 87.2 Å². The van der Waals surface area contributed by atoms with Gasteiger partial charge in [-0.15, -0.1) is 0 Å². The molecule has 0 saturated carbocycles. The van der Waals surface area contributed by atoms with Gasteiger partial charge >= 0.3 is 0 Å². The highest BCUT2D eigenvalue weighted by atomic mass is 15.2. The van der Waals surface area contributed by atoms with Gasteiger partial charge in [0.2, 0.25) is 5.95 Å². The third-order valence-electron chi connectivity index (χ3n) is 21.9. The first kappa shape index (κ1) is 65.2. The second kappa shape index (κ2) is 27.6. The molecular weight excluding hydrogens is 1360 g/mol. The van der Waals surface area contributed by atoms with Crippen LogP contribution in [0.2, 0.25) is 0 Å². The van der Waals surface area contributed by atoms with Crippen LogP contribution < -0.4 is 0 Å². The molecule has 0 atom stereocenters. The van der Waals surface area contributed by atoms with Crippen molar-refractivity contribution < 1.29 is 0 Å². The number of rotatable bonds is 12. The van der Waals surface area contributed by atoms with Crippen LogP contribution in [0.3, 0.4) is 0 Å². The average molecular weight is 1430 g/mol. The summed E-state index contributed by atoms with van der Waals surface area (Å²) in [6.07, 6.45) is 0. The van der Waals surface area contributed by atoms with Crippen LogP contribution in [0.1, 0.15) is 0 Å². The van der Waals surface area contributed by atoms with Crippen LogP contribution in [0.4, 0.5) is 0 Å². The highest BCUT2D eigenvalue weighted by Crippen LogP contribution is 2.43. The van der Waals surface area contributed by atoms with E-state index in [2.05, 4.69) is 394 Å². The zero-order valence-corrected chi connectivity index (χ0v) is 60.8. The molecule has 6 aromatic heterocycles. The topological polar surface area (TPSA) is 71.3 Å². The molecule has 0 amide bonds. The number of para-hydroxylation sites is 4. The normalized spacial score (nSPS) is 11.6. The molecule has 0 N–H and O–H groups in total. The summed E-state index contributed by atoms with van der Waals surface area (Å²) in [7, 11) is 0. The van der Waals surface area contributed by atoms with Crippen LogP contribution in [-0.2, 0) is 0 Å². The van der Waals surface area contributed by atoms with Crippen molar-refractivity contribution in [3.63, 3.8) is 0 Å². The van der Waals surface area contributed by atoms with Gasteiger partial charge in [0.1, 0.15) is 5.82 Å². The lowest BCUT2D eigenvalue weighted by Crippen LogP contribution is -2.03. The molecule has 8 heteroatoms. The minimum Gasteiger partial charge on any atom is -0.309 e. The number of hydrogen-bond acceptors (Lipinski definition) is 4. The Balaban J connectivity index is 0.000000141. The van der Waals surface area contributed by atoms with Crippen LogP contribution in [-0.4, -0.2) is 38.2 Å². The molecule has 0 spiro atoms. The molecule has 0 radical (unpaired) electrons. The molecule has 0 aliphatic rings. The van der Waals surface area contributed by atoms with Gasteiger partial charge in [0.05, 0.1) is 61.2 Å². The second-order valence-corrected chi connectivity index (χ2v) is 28.5. The molecule has 16 aromatic carbocycles. The van der Waals surface area contributed by atoms with Crippen LogP contribution in [0.25, 0.3) is 200 Å². The van der Waals surface area contributed by atoms with Crippen molar-refractivity contribution in [2.75, 3.05) is 0 Å². The quantitative estimate of drug-likeness (QED) is 0.122. The van der Waals surface area contributed by atoms with Gasteiger partial charge in [0.15, 0.2) is 5.82 Å². The molecule has 22 rings (SSSR count). The van der Waals surface area contributed by atoms with E-state index in [0.29, 0.717) is 11.8 Å². The lowest BCUT2D eigenvalue weighted by Gasteiger charge is -2.12. The van der Waals surface area contributed by atoms with Gasteiger partial charge in [-0.05, 0) is 148 Å². The van der Waals surface area contributed by atoms with E-state index in [9.17, 15) is 0 Å².